The lowest BCUT2D eigenvalue weighted by Gasteiger charge is -2.35. The number of benzene rings is 1. The van der Waals surface area contributed by atoms with Gasteiger partial charge in [0.15, 0.2) is 0 Å². The van der Waals surface area contributed by atoms with Crippen LogP contribution in [0.15, 0.2) is 18.2 Å². The summed E-state index contributed by atoms with van der Waals surface area (Å²) in [6.07, 6.45) is 1.65. The number of carbonyl (C=O) groups is 1. The highest BCUT2D eigenvalue weighted by Crippen LogP contribution is 2.32. The maximum atomic E-state index is 11.9. The van der Waals surface area contributed by atoms with Crippen LogP contribution in [0.1, 0.15) is 18.4 Å². The molecule has 1 amide bonds. The minimum atomic E-state index is -0.721. The van der Waals surface area contributed by atoms with Gasteiger partial charge in [0.05, 0.1) is 18.7 Å². The highest BCUT2D eigenvalue weighted by molar-refractivity contribution is 6.32. The van der Waals surface area contributed by atoms with Crippen LogP contribution in [0.4, 0.5) is 0 Å². The van der Waals surface area contributed by atoms with E-state index in [-0.39, 0.29) is 5.91 Å². The Morgan fingerprint density at radius 3 is 2.81 bits per heavy atom. The standard InChI is InChI=1S/C15H21ClN2O3/c1-20-10-15(14(17)19)6-3-7-18(15)9-11-4-5-13(21-2)12(16)8-11/h4-5,8H,3,6-7,9-10H2,1-2H3,(H2,17,19). The normalized spacial score (nSPS) is 22.4. The summed E-state index contributed by atoms with van der Waals surface area (Å²) in [5, 5.41) is 0.561. The molecule has 2 rings (SSSR count). The van der Waals surface area contributed by atoms with Gasteiger partial charge < -0.3 is 15.2 Å². The summed E-state index contributed by atoms with van der Waals surface area (Å²) in [7, 11) is 3.17. The van der Waals surface area contributed by atoms with Crippen molar-refractivity contribution in [2.24, 2.45) is 5.73 Å². The number of carbonyl (C=O) groups excluding carboxylic acids is 1. The van der Waals surface area contributed by atoms with Crippen molar-refractivity contribution in [3.05, 3.63) is 28.8 Å². The number of ether oxygens (including phenoxy) is 2. The summed E-state index contributed by atoms with van der Waals surface area (Å²) in [6, 6.07) is 5.63. The van der Waals surface area contributed by atoms with E-state index in [9.17, 15) is 4.79 Å². The van der Waals surface area contributed by atoms with Gasteiger partial charge in [0, 0.05) is 13.7 Å². The fourth-order valence-electron chi connectivity index (χ4n) is 2.95. The number of hydrogen-bond donors (Lipinski definition) is 1. The highest BCUT2D eigenvalue weighted by Gasteiger charge is 2.46. The minimum absolute atomic E-state index is 0.312. The van der Waals surface area contributed by atoms with Crippen molar-refractivity contribution in [1.29, 1.82) is 0 Å². The van der Waals surface area contributed by atoms with Crippen LogP contribution in [0.25, 0.3) is 0 Å². The average Bonchev–Trinajstić information content (AvgIpc) is 2.84. The summed E-state index contributed by atoms with van der Waals surface area (Å²) in [4.78, 5) is 14.0. The Bertz CT molecular complexity index is 524. The molecule has 1 heterocycles. The van der Waals surface area contributed by atoms with Gasteiger partial charge in [0.1, 0.15) is 11.3 Å². The van der Waals surface area contributed by atoms with Gasteiger partial charge in [-0.25, -0.2) is 0 Å². The summed E-state index contributed by atoms with van der Waals surface area (Å²) < 4.78 is 10.4. The first kappa shape index (κ1) is 16.1. The molecule has 1 saturated heterocycles. The van der Waals surface area contributed by atoms with Crippen LogP contribution in [-0.2, 0) is 16.1 Å². The highest BCUT2D eigenvalue weighted by atomic mass is 35.5. The van der Waals surface area contributed by atoms with Crippen LogP contribution in [-0.4, -0.2) is 43.7 Å². The van der Waals surface area contributed by atoms with Crippen LogP contribution in [0.3, 0.4) is 0 Å². The Labute approximate surface area is 130 Å². The molecule has 0 radical (unpaired) electrons. The predicted octanol–water partition coefficient (Wildman–Crippen LogP) is 1.81. The molecule has 1 unspecified atom stereocenters. The fourth-order valence-corrected chi connectivity index (χ4v) is 3.23. The third kappa shape index (κ3) is 3.15. The molecule has 6 heteroatoms. The predicted molar refractivity (Wildman–Crippen MR) is 81.4 cm³/mol. The zero-order valence-corrected chi connectivity index (χ0v) is 13.2. The molecule has 1 aliphatic rings. The van der Waals surface area contributed by atoms with Gasteiger partial charge in [-0.2, -0.15) is 0 Å². The van der Waals surface area contributed by atoms with E-state index < -0.39 is 5.54 Å². The number of methoxy groups -OCH3 is 2. The Hall–Kier alpha value is -1.30. The number of amides is 1. The van der Waals surface area contributed by atoms with Crippen molar-refractivity contribution in [1.82, 2.24) is 4.90 Å². The first-order valence-electron chi connectivity index (χ1n) is 6.90. The number of halogens is 1. The Kier molecular flexibility index (Phi) is 5.08. The lowest BCUT2D eigenvalue weighted by atomic mass is 9.96. The quantitative estimate of drug-likeness (QED) is 0.870. The molecule has 1 aliphatic heterocycles. The molecular formula is C15H21ClN2O3. The van der Waals surface area contributed by atoms with Crippen molar-refractivity contribution in [3.63, 3.8) is 0 Å². The van der Waals surface area contributed by atoms with Gasteiger partial charge in [0.25, 0.3) is 0 Å². The molecular weight excluding hydrogens is 292 g/mol. The molecule has 0 aromatic heterocycles. The molecule has 0 spiro atoms. The van der Waals surface area contributed by atoms with Crippen LogP contribution < -0.4 is 10.5 Å². The van der Waals surface area contributed by atoms with E-state index in [1.807, 2.05) is 18.2 Å². The third-order valence-electron chi connectivity index (χ3n) is 4.06. The molecule has 0 aliphatic carbocycles. The van der Waals surface area contributed by atoms with Crippen molar-refractivity contribution in [2.45, 2.75) is 24.9 Å². The first-order valence-corrected chi connectivity index (χ1v) is 7.27. The molecule has 116 valence electrons. The number of rotatable bonds is 6. The SMILES string of the molecule is COCC1(C(N)=O)CCCN1Cc1ccc(OC)c(Cl)c1. The number of primary amides is 1. The summed E-state index contributed by atoms with van der Waals surface area (Å²) in [6.45, 7) is 1.73. The maximum absolute atomic E-state index is 11.9. The van der Waals surface area contributed by atoms with E-state index in [0.29, 0.717) is 23.9 Å². The van der Waals surface area contributed by atoms with E-state index >= 15 is 0 Å². The van der Waals surface area contributed by atoms with Crippen LogP contribution in [0.5, 0.6) is 5.75 Å². The maximum Gasteiger partial charge on any atom is 0.240 e. The van der Waals surface area contributed by atoms with Crippen LogP contribution in [0.2, 0.25) is 5.02 Å². The third-order valence-corrected chi connectivity index (χ3v) is 4.35. The van der Waals surface area contributed by atoms with Gasteiger partial charge in [-0.15, -0.1) is 0 Å². The second kappa shape index (κ2) is 6.64. The van der Waals surface area contributed by atoms with Crippen molar-refractivity contribution in [3.8, 4) is 5.75 Å². The lowest BCUT2D eigenvalue weighted by molar-refractivity contribution is -0.132. The number of hydrogen-bond acceptors (Lipinski definition) is 4. The molecule has 1 aromatic rings. The van der Waals surface area contributed by atoms with Gasteiger partial charge in [-0.05, 0) is 37.1 Å². The Morgan fingerprint density at radius 2 is 2.24 bits per heavy atom. The van der Waals surface area contributed by atoms with E-state index in [1.54, 1.807) is 14.2 Å². The second-order valence-electron chi connectivity index (χ2n) is 5.32. The smallest absolute Gasteiger partial charge is 0.240 e. The summed E-state index contributed by atoms with van der Waals surface area (Å²) >= 11 is 6.15. The van der Waals surface area contributed by atoms with E-state index in [1.165, 1.54) is 0 Å². The van der Waals surface area contributed by atoms with Crippen LogP contribution in [0, 0.1) is 0 Å². The molecule has 1 aromatic carbocycles. The largest absolute Gasteiger partial charge is 0.495 e. The summed E-state index contributed by atoms with van der Waals surface area (Å²) in [5.41, 5.74) is 5.93. The molecule has 0 saturated carbocycles. The Balaban J connectivity index is 2.21. The topological polar surface area (TPSA) is 64.8 Å². The minimum Gasteiger partial charge on any atom is -0.495 e. The first-order chi connectivity index (χ1) is 10.0. The molecule has 0 bridgehead atoms. The zero-order chi connectivity index (χ0) is 15.5. The molecule has 2 N–H and O–H groups in total. The fraction of sp³-hybridized carbons (Fsp3) is 0.533. The molecule has 21 heavy (non-hydrogen) atoms. The van der Waals surface area contributed by atoms with Crippen molar-refractivity contribution >= 4 is 17.5 Å². The van der Waals surface area contributed by atoms with Crippen LogP contribution >= 0.6 is 11.6 Å². The number of likely N-dealkylation sites (tertiary alicyclic amines) is 1. The molecule has 5 nitrogen and oxygen atoms in total. The summed E-state index contributed by atoms with van der Waals surface area (Å²) in [5.74, 6) is 0.307. The van der Waals surface area contributed by atoms with E-state index in [4.69, 9.17) is 26.8 Å². The van der Waals surface area contributed by atoms with Gasteiger partial charge in [0.2, 0.25) is 5.91 Å². The molecule has 1 fully saturated rings. The van der Waals surface area contributed by atoms with Gasteiger partial charge >= 0.3 is 0 Å². The number of nitrogens with two attached hydrogens (primary N) is 1. The van der Waals surface area contributed by atoms with Gasteiger partial charge in [-0.3, -0.25) is 9.69 Å². The monoisotopic (exact) mass is 312 g/mol. The Morgan fingerprint density at radius 1 is 1.48 bits per heavy atom. The second-order valence-corrected chi connectivity index (χ2v) is 5.73. The zero-order valence-electron chi connectivity index (χ0n) is 12.4. The molecule has 1 atom stereocenters. The number of nitrogens with zero attached hydrogens (tertiary/aromatic N) is 1. The van der Waals surface area contributed by atoms with Crippen molar-refractivity contribution in [2.75, 3.05) is 27.4 Å². The van der Waals surface area contributed by atoms with Crippen molar-refractivity contribution < 1.29 is 14.3 Å². The van der Waals surface area contributed by atoms with E-state index in [2.05, 4.69) is 4.90 Å². The van der Waals surface area contributed by atoms with E-state index in [0.717, 1.165) is 24.9 Å². The average molecular weight is 313 g/mol. The van der Waals surface area contributed by atoms with Gasteiger partial charge in [-0.1, -0.05) is 17.7 Å². The lowest BCUT2D eigenvalue weighted by Crippen LogP contribution is -2.56.